The number of rotatable bonds is 10. The third kappa shape index (κ3) is 5.05. The monoisotopic (exact) mass is 584 g/mol. The van der Waals surface area contributed by atoms with Gasteiger partial charge in [0.25, 0.3) is 5.91 Å². The van der Waals surface area contributed by atoms with Gasteiger partial charge in [-0.1, -0.05) is 0 Å². The van der Waals surface area contributed by atoms with Crippen molar-refractivity contribution in [3.05, 3.63) is 16.0 Å². The highest BCUT2D eigenvalue weighted by Crippen LogP contribution is 2.58. The largest absolute Gasteiger partial charge is 0.462 e. The molecule has 0 bridgehead atoms. The molecule has 37 heavy (non-hydrogen) atoms. The van der Waals surface area contributed by atoms with Crippen molar-refractivity contribution in [1.29, 1.82) is 0 Å². The van der Waals surface area contributed by atoms with Crippen molar-refractivity contribution in [1.82, 2.24) is 4.90 Å². The molecule has 1 aromatic rings. The number of carbonyl (C=O) groups excluding carboxylic acids is 3. The molecule has 19 heteroatoms. The number of anilines is 1. The smallest absolute Gasteiger partial charge is 0.393 e. The molecular weight excluding hydrogens is 568 g/mol. The SMILES string of the molecule is CCOC(=O)c1c(NC(=O)C(F)(F)C(F)(F)C(F)(F)C(F)(F)C(F)(F)C(F)F)sc(C(=O)N(C)C)c1C. The van der Waals surface area contributed by atoms with Crippen molar-refractivity contribution in [2.45, 2.75) is 49.9 Å². The highest BCUT2D eigenvalue weighted by Gasteiger charge is 2.89. The van der Waals surface area contributed by atoms with E-state index in [1.165, 1.54) is 21.0 Å². The van der Waals surface area contributed by atoms with Crippen molar-refractivity contribution in [2.24, 2.45) is 0 Å². The van der Waals surface area contributed by atoms with Crippen LogP contribution in [-0.2, 0) is 9.53 Å². The van der Waals surface area contributed by atoms with Gasteiger partial charge in [0, 0.05) is 14.1 Å². The number of nitrogens with one attached hydrogen (secondary N) is 1. The molecule has 212 valence electrons. The van der Waals surface area contributed by atoms with E-state index in [1.54, 1.807) is 0 Å². The molecule has 1 rings (SSSR count). The van der Waals surface area contributed by atoms with Crippen LogP contribution in [0.3, 0.4) is 0 Å². The molecule has 0 fully saturated rings. The van der Waals surface area contributed by atoms with Gasteiger partial charge in [-0.25, -0.2) is 13.6 Å². The fraction of sp³-hybridized carbons (Fsp3) is 0.611. The van der Waals surface area contributed by atoms with Crippen LogP contribution in [0.1, 0.15) is 32.5 Å². The third-order valence-corrected chi connectivity index (χ3v) is 5.81. The van der Waals surface area contributed by atoms with Crippen molar-refractivity contribution in [2.75, 3.05) is 26.0 Å². The number of amides is 2. The molecule has 0 atom stereocenters. The molecule has 0 aromatic carbocycles. The Kier molecular flexibility index (Phi) is 8.91. The van der Waals surface area contributed by atoms with E-state index in [2.05, 4.69) is 4.74 Å². The Bertz CT molecular complexity index is 1060. The molecule has 0 aliphatic rings. The maximum atomic E-state index is 14.2. The number of hydrogen-bond donors (Lipinski definition) is 1. The van der Waals surface area contributed by atoms with Crippen LogP contribution in [0, 0.1) is 6.92 Å². The Morgan fingerprint density at radius 1 is 0.919 bits per heavy atom. The minimum absolute atomic E-state index is 0.00401. The lowest BCUT2D eigenvalue weighted by Crippen LogP contribution is -2.70. The summed E-state index contributed by atoms with van der Waals surface area (Å²) in [5.41, 5.74) is -1.24. The number of ether oxygens (including phenoxy) is 1. The highest BCUT2D eigenvalue weighted by atomic mass is 32.1. The minimum Gasteiger partial charge on any atom is -0.462 e. The van der Waals surface area contributed by atoms with Gasteiger partial charge in [-0.05, 0) is 19.4 Å². The van der Waals surface area contributed by atoms with Crippen molar-refractivity contribution in [3.8, 4) is 0 Å². The molecule has 1 N–H and O–H groups in total. The minimum atomic E-state index is -7.91. The number of thiophene rings is 1. The fourth-order valence-electron chi connectivity index (χ4n) is 2.52. The van der Waals surface area contributed by atoms with Gasteiger partial charge in [0.2, 0.25) is 0 Å². The molecule has 0 aliphatic heterocycles. The normalized spacial score (nSPS) is 13.5. The highest BCUT2D eigenvalue weighted by molar-refractivity contribution is 7.18. The van der Waals surface area contributed by atoms with Crippen molar-refractivity contribution in [3.63, 3.8) is 0 Å². The Morgan fingerprint density at radius 3 is 1.81 bits per heavy atom. The lowest BCUT2D eigenvalue weighted by molar-refractivity contribution is -0.406. The van der Waals surface area contributed by atoms with Crippen LogP contribution in [0.15, 0.2) is 0 Å². The second kappa shape index (κ2) is 10.2. The van der Waals surface area contributed by atoms with E-state index in [4.69, 9.17) is 0 Å². The average molecular weight is 584 g/mol. The molecule has 6 nitrogen and oxygen atoms in total. The number of nitrogens with zero attached hydrogens (tertiary/aromatic N) is 1. The van der Waals surface area contributed by atoms with Crippen molar-refractivity contribution >= 4 is 34.1 Å². The van der Waals surface area contributed by atoms with Gasteiger partial charge in [0.05, 0.1) is 17.0 Å². The van der Waals surface area contributed by atoms with Crippen LogP contribution >= 0.6 is 11.3 Å². The first-order valence-corrected chi connectivity index (χ1v) is 10.3. The van der Waals surface area contributed by atoms with E-state index < -0.39 is 69.3 Å². The van der Waals surface area contributed by atoms with E-state index in [0.29, 0.717) is 0 Å². The number of esters is 1. The Balaban J connectivity index is 3.62. The van der Waals surface area contributed by atoms with Gasteiger partial charge in [-0.3, -0.25) is 9.59 Å². The maximum Gasteiger partial charge on any atom is 0.393 e. The zero-order valence-electron chi connectivity index (χ0n) is 18.8. The van der Waals surface area contributed by atoms with E-state index in [9.17, 15) is 67.1 Å². The topological polar surface area (TPSA) is 75.7 Å². The molecule has 1 aromatic heterocycles. The maximum absolute atomic E-state index is 14.2. The number of carbonyl (C=O) groups is 3. The average Bonchev–Trinajstić information content (AvgIpc) is 3.07. The lowest BCUT2D eigenvalue weighted by Gasteiger charge is -2.38. The summed E-state index contributed by atoms with van der Waals surface area (Å²) in [6.45, 7) is 1.88. The zero-order valence-corrected chi connectivity index (χ0v) is 19.6. The van der Waals surface area contributed by atoms with Crippen LogP contribution in [-0.4, -0.2) is 79.4 Å². The van der Waals surface area contributed by atoms with Gasteiger partial charge in [0.1, 0.15) is 5.00 Å². The van der Waals surface area contributed by atoms with Crippen LogP contribution in [0.4, 0.5) is 57.7 Å². The second-order valence-electron chi connectivity index (χ2n) is 7.36. The van der Waals surface area contributed by atoms with Crippen LogP contribution in [0.25, 0.3) is 0 Å². The van der Waals surface area contributed by atoms with E-state index in [0.717, 1.165) is 17.1 Å². The summed E-state index contributed by atoms with van der Waals surface area (Å²) in [6, 6.07) is 0. The number of hydrogen-bond acceptors (Lipinski definition) is 5. The van der Waals surface area contributed by atoms with Gasteiger partial charge in [-0.2, -0.15) is 43.9 Å². The molecule has 0 unspecified atom stereocenters. The second-order valence-corrected chi connectivity index (χ2v) is 8.38. The summed E-state index contributed by atoms with van der Waals surface area (Å²) in [6.07, 6.45) is -5.69. The summed E-state index contributed by atoms with van der Waals surface area (Å²) in [7, 11) is 2.35. The third-order valence-electron chi connectivity index (χ3n) is 4.61. The molecule has 1 heterocycles. The Morgan fingerprint density at radius 2 is 1.41 bits per heavy atom. The van der Waals surface area contributed by atoms with E-state index >= 15 is 0 Å². The summed E-state index contributed by atoms with van der Waals surface area (Å²) < 4.78 is 165. The predicted octanol–water partition coefficient (Wildman–Crippen LogP) is 5.32. The first-order chi connectivity index (χ1) is 16.4. The van der Waals surface area contributed by atoms with Crippen LogP contribution < -0.4 is 5.32 Å². The molecule has 0 aliphatic carbocycles. The number of alkyl halides is 12. The van der Waals surface area contributed by atoms with Gasteiger partial charge in [0.15, 0.2) is 0 Å². The molecule has 2 amide bonds. The zero-order chi connectivity index (χ0) is 29.5. The predicted molar refractivity (Wildman–Crippen MR) is 102 cm³/mol. The standard InChI is InChI=1S/C18H16F12N2O4S/c1-5-36-11(34)7-6(2)8(10(33)32(3)4)37-9(7)31-13(35)15(23,24)17(27,28)18(29,30)16(25,26)14(21,22)12(19)20/h12H,5H2,1-4H3,(H,31,35). The molecule has 0 spiro atoms. The summed E-state index contributed by atoms with van der Waals surface area (Å²) in [5, 5.41) is -0.257. The molecule has 0 saturated heterocycles. The first-order valence-electron chi connectivity index (χ1n) is 9.45. The lowest BCUT2D eigenvalue weighted by atomic mass is 9.94. The van der Waals surface area contributed by atoms with Gasteiger partial charge < -0.3 is 15.0 Å². The van der Waals surface area contributed by atoms with Crippen LogP contribution in [0.5, 0.6) is 0 Å². The van der Waals surface area contributed by atoms with Gasteiger partial charge in [-0.15, -0.1) is 11.3 Å². The summed E-state index contributed by atoms with van der Waals surface area (Å²) in [5.74, 6) is -43.4. The Labute approximate surface area is 203 Å². The fourth-order valence-corrected chi connectivity index (χ4v) is 3.73. The molecular formula is C18H16F12N2O4S. The van der Waals surface area contributed by atoms with Gasteiger partial charge >= 0.3 is 47.9 Å². The molecule has 0 radical (unpaired) electrons. The van der Waals surface area contributed by atoms with E-state index in [-0.39, 0.29) is 23.5 Å². The van der Waals surface area contributed by atoms with E-state index in [1.807, 2.05) is 0 Å². The summed E-state index contributed by atoms with van der Waals surface area (Å²) >= 11 is -0.00401. The van der Waals surface area contributed by atoms with Crippen molar-refractivity contribution < 1.29 is 71.8 Å². The number of halogens is 12. The van der Waals surface area contributed by atoms with Crippen LogP contribution in [0.2, 0.25) is 0 Å². The quantitative estimate of drug-likeness (QED) is 0.299. The molecule has 0 saturated carbocycles. The summed E-state index contributed by atoms with van der Waals surface area (Å²) in [4.78, 5) is 36.7. The Hall–Kier alpha value is -2.73. The first kappa shape index (κ1) is 32.3.